The van der Waals surface area contributed by atoms with E-state index in [4.69, 9.17) is 10.4 Å². The van der Waals surface area contributed by atoms with Crippen molar-refractivity contribution in [2.75, 3.05) is 0 Å². The highest BCUT2D eigenvalue weighted by Gasteiger charge is 2.24. The van der Waals surface area contributed by atoms with E-state index in [-0.39, 0.29) is 0 Å². The van der Waals surface area contributed by atoms with Crippen LogP contribution in [0.1, 0.15) is 65.2 Å². The summed E-state index contributed by atoms with van der Waals surface area (Å²) in [4.78, 5) is 23.3. The smallest absolute Gasteiger partial charge is 0.257 e. The zero-order valence-electron chi connectivity index (χ0n) is 13.3. The first-order valence-corrected chi connectivity index (χ1v) is 10.1. The van der Waals surface area contributed by atoms with E-state index in [1.807, 2.05) is 0 Å². The Morgan fingerprint density at radius 2 is 1.18 bits per heavy atom. The highest BCUT2D eigenvalue weighted by atomic mass is 33.1. The minimum Gasteiger partial charge on any atom is -0.289 e. The summed E-state index contributed by atoms with van der Waals surface area (Å²) in [5.74, 6) is -0.879. The van der Waals surface area contributed by atoms with Crippen molar-refractivity contribution in [2.45, 2.75) is 75.7 Å². The molecule has 0 saturated heterocycles. The van der Waals surface area contributed by atoms with Gasteiger partial charge < -0.3 is 0 Å². The van der Waals surface area contributed by atoms with Crippen LogP contribution in [0.2, 0.25) is 0 Å². The lowest BCUT2D eigenvalue weighted by Gasteiger charge is -2.18. The molecule has 2 amide bonds. The number of carbonyl (C=O) groups is 2. The minimum atomic E-state index is -0.440. The standard InChI is InChI=1S/C14H28N2O4S2/c1-3-5-7-9-11(13(17)15-19)21-22-12(14(18)16-20)10-8-6-4-2/h11-12,19-20H,3-10H2,1-2H3,(H,15,17)(H,16,18). The Balaban J connectivity index is 4.44. The predicted molar refractivity (Wildman–Crippen MR) is 90.9 cm³/mol. The van der Waals surface area contributed by atoms with E-state index in [9.17, 15) is 9.59 Å². The molecule has 2 atom stereocenters. The lowest BCUT2D eigenvalue weighted by Crippen LogP contribution is -2.32. The van der Waals surface area contributed by atoms with E-state index in [1.165, 1.54) is 21.6 Å². The van der Waals surface area contributed by atoms with Crippen LogP contribution in [0.15, 0.2) is 0 Å². The van der Waals surface area contributed by atoms with Crippen molar-refractivity contribution in [3.8, 4) is 0 Å². The third kappa shape index (κ3) is 9.55. The molecule has 0 rings (SSSR count). The van der Waals surface area contributed by atoms with Gasteiger partial charge in [-0.1, -0.05) is 74.0 Å². The first-order valence-electron chi connectivity index (χ1n) is 7.80. The lowest BCUT2D eigenvalue weighted by molar-refractivity contribution is -0.129. The van der Waals surface area contributed by atoms with Crippen LogP contribution in [0.25, 0.3) is 0 Å². The summed E-state index contributed by atoms with van der Waals surface area (Å²) in [6, 6.07) is 0. The van der Waals surface area contributed by atoms with Crippen LogP contribution in [-0.2, 0) is 9.59 Å². The van der Waals surface area contributed by atoms with Gasteiger partial charge in [-0.3, -0.25) is 20.0 Å². The van der Waals surface area contributed by atoms with E-state index in [0.29, 0.717) is 12.8 Å². The Hall–Kier alpha value is -0.440. The molecule has 6 nitrogen and oxygen atoms in total. The van der Waals surface area contributed by atoms with Crippen molar-refractivity contribution in [3.63, 3.8) is 0 Å². The van der Waals surface area contributed by atoms with Crippen LogP contribution in [0, 0.1) is 0 Å². The van der Waals surface area contributed by atoms with E-state index < -0.39 is 22.3 Å². The van der Waals surface area contributed by atoms with Gasteiger partial charge in [0, 0.05) is 0 Å². The van der Waals surface area contributed by atoms with E-state index in [2.05, 4.69) is 13.8 Å². The molecule has 0 heterocycles. The number of hydrogen-bond donors (Lipinski definition) is 4. The van der Waals surface area contributed by atoms with Crippen LogP contribution in [0.5, 0.6) is 0 Å². The zero-order valence-corrected chi connectivity index (χ0v) is 15.0. The molecule has 0 bridgehead atoms. The SMILES string of the molecule is CCCCCC(SSC(CCCCC)C(=O)NO)C(=O)NO. The normalized spacial score (nSPS) is 13.5. The summed E-state index contributed by atoms with van der Waals surface area (Å²) < 4.78 is 0. The van der Waals surface area contributed by atoms with E-state index >= 15 is 0 Å². The molecule has 0 aromatic rings. The molecule has 0 aliphatic rings. The Labute approximate surface area is 140 Å². The maximum Gasteiger partial charge on any atom is 0.257 e. The van der Waals surface area contributed by atoms with Crippen molar-refractivity contribution in [3.05, 3.63) is 0 Å². The summed E-state index contributed by atoms with van der Waals surface area (Å²) >= 11 is 0. The molecular weight excluding hydrogens is 324 g/mol. The monoisotopic (exact) mass is 352 g/mol. The zero-order chi connectivity index (χ0) is 16.8. The highest BCUT2D eigenvalue weighted by Crippen LogP contribution is 2.36. The van der Waals surface area contributed by atoms with Gasteiger partial charge in [0.2, 0.25) is 0 Å². The second-order valence-corrected chi connectivity index (χ2v) is 7.79. The number of carbonyl (C=O) groups excluding carboxylic acids is 2. The highest BCUT2D eigenvalue weighted by molar-refractivity contribution is 8.77. The summed E-state index contributed by atoms with van der Waals surface area (Å²) in [6.07, 6.45) is 7.26. The number of unbranched alkanes of at least 4 members (excludes halogenated alkanes) is 4. The van der Waals surface area contributed by atoms with Gasteiger partial charge in [-0.15, -0.1) is 0 Å². The van der Waals surface area contributed by atoms with Crippen LogP contribution < -0.4 is 11.0 Å². The Morgan fingerprint density at radius 3 is 1.45 bits per heavy atom. The summed E-state index contributed by atoms with van der Waals surface area (Å²) in [7, 11) is 2.57. The molecule has 0 fully saturated rings. The molecule has 130 valence electrons. The van der Waals surface area contributed by atoms with Crippen molar-refractivity contribution in [2.24, 2.45) is 0 Å². The second kappa shape index (κ2) is 14.2. The molecule has 4 N–H and O–H groups in total. The van der Waals surface area contributed by atoms with E-state index in [1.54, 1.807) is 11.0 Å². The van der Waals surface area contributed by atoms with Gasteiger partial charge in [-0.25, -0.2) is 11.0 Å². The average Bonchev–Trinajstić information content (AvgIpc) is 2.54. The maximum absolute atomic E-state index is 11.7. The summed E-state index contributed by atoms with van der Waals surface area (Å²) in [5, 5.41) is 16.8. The molecular formula is C14H28N2O4S2. The number of rotatable bonds is 13. The molecule has 0 aromatic heterocycles. The van der Waals surface area contributed by atoms with Gasteiger partial charge in [-0.05, 0) is 12.8 Å². The second-order valence-electron chi connectivity index (χ2n) is 5.11. The topological polar surface area (TPSA) is 98.7 Å². The quantitative estimate of drug-likeness (QED) is 0.176. The summed E-state index contributed by atoms with van der Waals surface area (Å²) in [6.45, 7) is 4.16. The van der Waals surface area contributed by atoms with Crippen molar-refractivity contribution < 1.29 is 20.0 Å². The van der Waals surface area contributed by atoms with Gasteiger partial charge in [0.05, 0.1) is 10.5 Å². The van der Waals surface area contributed by atoms with Crippen molar-refractivity contribution in [1.29, 1.82) is 0 Å². The third-order valence-corrected chi connectivity index (χ3v) is 6.44. The van der Waals surface area contributed by atoms with Crippen LogP contribution >= 0.6 is 21.6 Å². The van der Waals surface area contributed by atoms with Crippen LogP contribution in [-0.4, -0.2) is 32.7 Å². The molecule has 0 radical (unpaired) electrons. The number of amides is 2. The fourth-order valence-corrected chi connectivity index (χ4v) is 4.86. The maximum atomic E-state index is 11.7. The Morgan fingerprint density at radius 1 is 0.818 bits per heavy atom. The van der Waals surface area contributed by atoms with E-state index in [0.717, 1.165) is 38.5 Å². The third-order valence-electron chi connectivity index (χ3n) is 3.23. The van der Waals surface area contributed by atoms with Gasteiger partial charge in [0.1, 0.15) is 0 Å². The van der Waals surface area contributed by atoms with Gasteiger partial charge >= 0.3 is 0 Å². The molecule has 0 aliphatic carbocycles. The van der Waals surface area contributed by atoms with Crippen molar-refractivity contribution >= 4 is 33.4 Å². The molecule has 0 aromatic carbocycles. The van der Waals surface area contributed by atoms with Crippen LogP contribution in [0.3, 0.4) is 0 Å². The number of nitrogens with one attached hydrogen (secondary N) is 2. The van der Waals surface area contributed by atoms with Crippen molar-refractivity contribution in [1.82, 2.24) is 11.0 Å². The first kappa shape index (κ1) is 21.6. The Bertz CT molecular complexity index is 289. The lowest BCUT2D eigenvalue weighted by atomic mass is 10.1. The molecule has 22 heavy (non-hydrogen) atoms. The minimum absolute atomic E-state index is 0.401. The molecule has 0 aliphatic heterocycles. The predicted octanol–water partition coefficient (Wildman–Crippen LogP) is 3.28. The molecule has 8 heteroatoms. The van der Waals surface area contributed by atoms with Crippen LogP contribution in [0.4, 0.5) is 0 Å². The average molecular weight is 353 g/mol. The fraction of sp³-hybridized carbons (Fsp3) is 0.857. The largest absolute Gasteiger partial charge is 0.289 e. The van der Waals surface area contributed by atoms with Gasteiger partial charge in [0.15, 0.2) is 0 Å². The molecule has 0 saturated carbocycles. The molecule has 2 unspecified atom stereocenters. The van der Waals surface area contributed by atoms with Gasteiger partial charge in [-0.2, -0.15) is 0 Å². The summed E-state index contributed by atoms with van der Waals surface area (Å²) in [5.41, 5.74) is 3.38. The number of hydrogen-bond acceptors (Lipinski definition) is 6. The number of hydroxylamine groups is 2. The molecule has 0 spiro atoms. The first-order chi connectivity index (χ1) is 10.6. The Kier molecular flexibility index (Phi) is 13.9. The fourth-order valence-electron chi connectivity index (χ4n) is 1.88. The van der Waals surface area contributed by atoms with Gasteiger partial charge in [0.25, 0.3) is 11.8 Å².